The number of anilines is 3. The molecule has 1 saturated heterocycles. The number of halogens is 4. The molecule has 1 aromatic carbocycles. The smallest absolute Gasteiger partial charge is 0.253 e. The fourth-order valence-corrected chi connectivity index (χ4v) is 2.63. The molecule has 0 atom stereocenters. The van der Waals surface area contributed by atoms with Crippen molar-refractivity contribution < 1.29 is 17.6 Å². The van der Waals surface area contributed by atoms with Gasteiger partial charge in [0.15, 0.2) is 0 Å². The van der Waals surface area contributed by atoms with Crippen molar-refractivity contribution in [1.29, 1.82) is 0 Å². The zero-order chi connectivity index (χ0) is 16.6. The third kappa shape index (κ3) is 2.88. The van der Waals surface area contributed by atoms with Gasteiger partial charge in [0.25, 0.3) is 11.9 Å². The molecule has 2 heterocycles. The molecule has 0 amide bonds. The molecule has 0 saturated carbocycles. The first kappa shape index (κ1) is 15.4. The van der Waals surface area contributed by atoms with Gasteiger partial charge in [-0.1, -0.05) is 0 Å². The number of nitrogens with two attached hydrogens (primary N) is 1. The average Bonchev–Trinajstić information content (AvgIpc) is 2.55. The van der Waals surface area contributed by atoms with Gasteiger partial charge in [-0.05, 0) is 24.3 Å². The Labute approximate surface area is 130 Å². The SMILES string of the molecule is Nc1ccc(N2CCN(c3c(F)c(F)nc(F)c3F)CC2)cc1. The average molecular weight is 326 g/mol. The van der Waals surface area contributed by atoms with Crippen LogP contribution in [0.3, 0.4) is 0 Å². The molecular weight excluding hydrogens is 312 g/mol. The molecule has 2 N–H and O–H groups in total. The second kappa shape index (κ2) is 5.94. The summed E-state index contributed by atoms with van der Waals surface area (Å²) >= 11 is 0. The molecule has 4 nitrogen and oxygen atoms in total. The van der Waals surface area contributed by atoms with Gasteiger partial charge in [-0.3, -0.25) is 0 Å². The highest BCUT2D eigenvalue weighted by atomic mass is 19.2. The first-order valence-corrected chi connectivity index (χ1v) is 7.03. The standard InChI is InChI=1S/C15H14F4N4/c16-11-13(12(17)15(19)21-14(11)18)23-7-5-22(6-8-23)10-3-1-9(20)2-4-10/h1-4H,5-8,20H2. The summed E-state index contributed by atoms with van der Waals surface area (Å²) in [6.07, 6.45) is 0. The molecule has 0 aliphatic carbocycles. The summed E-state index contributed by atoms with van der Waals surface area (Å²) in [5.74, 6) is -6.21. The number of piperazine rings is 1. The molecule has 0 radical (unpaired) electrons. The molecule has 0 spiro atoms. The minimum absolute atomic E-state index is 0.223. The molecular formula is C15H14F4N4. The minimum atomic E-state index is -1.64. The van der Waals surface area contributed by atoms with E-state index in [1.54, 1.807) is 12.1 Å². The molecule has 0 bridgehead atoms. The van der Waals surface area contributed by atoms with Crippen molar-refractivity contribution in [2.24, 2.45) is 0 Å². The van der Waals surface area contributed by atoms with E-state index in [9.17, 15) is 17.6 Å². The van der Waals surface area contributed by atoms with E-state index in [0.717, 1.165) is 5.69 Å². The Balaban J connectivity index is 1.78. The van der Waals surface area contributed by atoms with Crippen molar-refractivity contribution in [3.05, 3.63) is 47.8 Å². The Kier molecular flexibility index (Phi) is 3.97. The Hall–Kier alpha value is -2.51. The van der Waals surface area contributed by atoms with Gasteiger partial charge in [-0.25, -0.2) is 0 Å². The summed E-state index contributed by atoms with van der Waals surface area (Å²) in [4.78, 5) is 5.85. The normalized spacial score (nSPS) is 15.1. The summed E-state index contributed by atoms with van der Waals surface area (Å²) in [5, 5.41) is 0. The first-order valence-electron chi connectivity index (χ1n) is 7.03. The number of hydrogen-bond donors (Lipinski definition) is 1. The van der Waals surface area contributed by atoms with Crippen LogP contribution in [0.1, 0.15) is 0 Å². The van der Waals surface area contributed by atoms with Crippen LogP contribution in [0.15, 0.2) is 24.3 Å². The quantitative estimate of drug-likeness (QED) is 0.523. The Bertz CT molecular complexity index is 686. The largest absolute Gasteiger partial charge is 0.399 e. The molecule has 2 aromatic rings. The van der Waals surface area contributed by atoms with Crippen molar-refractivity contribution in [2.75, 3.05) is 41.7 Å². The number of nitrogens with zero attached hydrogens (tertiary/aromatic N) is 3. The lowest BCUT2D eigenvalue weighted by molar-refractivity contribution is 0.404. The van der Waals surface area contributed by atoms with Gasteiger partial charge in [-0.2, -0.15) is 22.5 Å². The van der Waals surface area contributed by atoms with E-state index in [0.29, 0.717) is 18.8 Å². The van der Waals surface area contributed by atoms with E-state index in [4.69, 9.17) is 5.73 Å². The monoisotopic (exact) mass is 326 g/mol. The van der Waals surface area contributed by atoms with Crippen molar-refractivity contribution in [2.45, 2.75) is 0 Å². The van der Waals surface area contributed by atoms with Gasteiger partial charge >= 0.3 is 0 Å². The topological polar surface area (TPSA) is 45.4 Å². The van der Waals surface area contributed by atoms with E-state index in [2.05, 4.69) is 4.98 Å². The van der Waals surface area contributed by atoms with Gasteiger partial charge < -0.3 is 15.5 Å². The Morgan fingerprint density at radius 1 is 0.783 bits per heavy atom. The summed E-state index contributed by atoms with van der Waals surface area (Å²) in [6, 6.07) is 7.21. The third-order valence-corrected chi connectivity index (χ3v) is 3.83. The van der Waals surface area contributed by atoms with Gasteiger partial charge in [0, 0.05) is 37.6 Å². The van der Waals surface area contributed by atoms with Crippen molar-refractivity contribution >= 4 is 17.1 Å². The highest BCUT2D eigenvalue weighted by Crippen LogP contribution is 2.28. The number of rotatable bonds is 2. The Morgan fingerprint density at radius 3 is 1.78 bits per heavy atom. The highest BCUT2D eigenvalue weighted by molar-refractivity contribution is 5.55. The lowest BCUT2D eigenvalue weighted by Gasteiger charge is -2.37. The van der Waals surface area contributed by atoms with Crippen LogP contribution in [0, 0.1) is 23.5 Å². The van der Waals surface area contributed by atoms with Gasteiger partial charge in [-0.15, -0.1) is 0 Å². The first-order chi connectivity index (χ1) is 11.0. The summed E-state index contributed by atoms with van der Waals surface area (Å²) in [7, 11) is 0. The van der Waals surface area contributed by atoms with E-state index in [-0.39, 0.29) is 13.1 Å². The summed E-state index contributed by atoms with van der Waals surface area (Å²) in [6.45, 7) is 1.35. The second-order valence-corrected chi connectivity index (χ2v) is 5.24. The number of nitrogen functional groups attached to an aromatic ring is 1. The third-order valence-electron chi connectivity index (χ3n) is 3.83. The summed E-state index contributed by atoms with van der Waals surface area (Å²) in [5.41, 5.74) is 6.49. The van der Waals surface area contributed by atoms with Crippen molar-refractivity contribution in [3.63, 3.8) is 0 Å². The van der Waals surface area contributed by atoms with E-state index in [1.807, 2.05) is 17.0 Å². The minimum Gasteiger partial charge on any atom is -0.399 e. The van der Waals surface area contributed by atoms with Crippen molar-refractivity contribution in [3.8, 4) is 0 Å². The molecule has 122 valence electrons. The number of hydrogen-bond acceptors (Lipinski definition) is 4. The zero-order valence-electron chi connectivity index (χ0n) is 12.1. The van der Waals surface area contributed by atoms with Crippen LogP contribution in [0.4, 0.5) is 34.6 Å². The van der Waals surface area contributed by atoms with Crippen LogP contribution >= 0.6 is 0 Å². The predicted molar refractivity (Wildman–Crippen MR) is 79.3 cm³/mol. The molecule has 1 aliphatic rings. The lowest BCUT2D eigenvalue weighted by atomic mass is 10.2. The maximum atomic E-state index is 13.8. The summed E-state index contributed by atoms with van der Waals surface area (Å²) < 4.78 is 54.0. The highest BCUT2D eigenvalue weighted by Gasteiger charge is 2.28. The molecule has 0 unspecified atom stereocenters. The van der Waals surface area contributed by atoms with Crippen LogP contribution < -0.4 is 15.5 Å². The number of benzene rings is 1. The second-order valence-electron chi connectivity index (χ2n) is 5.24. The lowest BCUT2D eigenvalue weighted by Crippen LogP contribution is -2.47. The van der Waals surface area contributed by atoms with Crippen LogP contribution in [-0.4, -0.2) is 31.2 Å². The predicted octanol–water partition coefficient (Wildman–Crippen LogP) is 2.55. The molecule has 1 aliphatic heterocycles. The van der Waals surface area contributed by atoms with Gasteiger partial charge in [0.05, 0.1) is 0 Å². The van der Waals surface area contributed by atoms with Crippen LogP contribution in [0.5, 0.6) is 0 Å². The van der Waals surface area contributed by atoms with Crippen LogP contribution in [0.2, 0.25) is 0 Å². The maximum absolute atomic E-state index is 13.8. The van der Waals surface area contributed by atoms with E-state index >= 15 is 0 Å². The van der Waals surface area contributed by atoms with Crippen molar-refractivity contribution in [1.82, 2.24) is 4.98 Å². The molecule has 8 heteroatoms. The Morgan fingerprint density at radius 2 is 1.26 bits per heavy atom. The van der Waals surface area contributed by atoms with Gasteiger partial charge in [0.1, 0.15) is 5.69 Å². The maximum Gasteiger partial charge on any atom is 0.253 e. The molecule has 1 fully saturated rings. The molecule has 3 rings (SSSR count). The number of aromatic nitrogens is 1. The molecule has 23 heavy (non-hydrogen) atoms. The van der Waals surface area contributed by atoms with E-state index < -0.39 is 29.2 Å². The van der Waals surface area contributed by atoms with E-state index in [1.165, 1.54) is 4.90 Å². The van der Waals surface area contributed by atoms with Gasteiger partial charge in [0.2, 0.25) is 11.6 Å². The fourth-order valence-electron chi connectivity index (χ4n) is 2.63. The van der Waals surface area contributed by atoms with Crippen LogP contribution in [0.25, 0.3) is 0 Å². The zero-order valence-corrected chi connectivity index (χ0v) is 12.1. The molecule has 1 aromatic heterocycles. The van der Waals surface area contributed by atoms with Crippen LogP contribution in [-0.2, 0) is 0 Å². The number of pyridine rings is 1. The fraction of sp³-hybridized carbons (Fsp3) is 0.267.